The molecule has 0 aromatic rings. The molecule has 0 radical (unpaired) electrons. The van der Waals surface area contributed by atoms with Gasteiger partial charge in [-0.25, -0.2) is 0 Å². The van der Waals surface area contributed by atoms with Crippen LogP contribution in [0.5, 0.6) is 0 Å². The average molecular weight is 216 g/mol. The molecule has 4 heteroatoms. The Kier molecular flexibility index (Phi) is 8.33. The Hall–Kier alpha value is -0.610. The molecule has 0 aliphatic heterocycles. The van der Waals surface area contributed by atoms with Crippen molar-refractivity contribution in [2.45, 2.75) is 45.6 Å². The van der Waals surface area contributed by atoms with Gasteiger partial charge in [0.1, 0.15) is 6.04 Å². The first-order valence-corrected chi connectivity index (χ1v) is 5.84. The smallest absolute Gasteiger partial charge is 0.322 e. The summed E-state index contributed by atoms with van der Waals surface area (Å²) in [7, 11) is 0. The molecule has 0 bridgehead atoms. The quantitative estimate of drug-likeness (QED) is 0.609. The molecule has 1 atom stereocenters. The van der Waals surface area contributed by atoms with Gasteiger partial charge in [-0.3, -0.25) is 9.69 Å². The minimum Gasteiger partial charge on any atom is -0.480 e. The third kappa shape index (κ3) is 5.74. The van der Waals surface area contributed by atoms with E-state index in [1.165, 1.54) is 0 Å². The molecule has 0 aliphatic rings. The number of carbonyl (C=O) groups is 1. The molecule has 3 N–H and O–H groups in total. The van der Waals surface area contributed by atoms with Crippen molar-refractivity contribution in [3.63, 3.8) is 0 Å². The third-order valence-corrected chi connectivity index (χ3v) is 2.55. The zero-order valence-electron chi connectivity index (χ0n) is 9.91. The van der Waals surface area contributed by atoms with E-state index < -0.39 is 12.0 Å². The van der Waals surface area contributed by atoms with Crippen LogP contribution in [0.25, 0.3) is 0 Å². The molecule has 0 saturated heterocycles. The number of unbranched alkanes of at least 4 members (excludes halogenated alkanes) is 2. The monoisotopic (exact) mass is 216 g/mol. The third-order valence-electron chi connectivity index (χ3n) is 2.55. The molecule has 90 valence electrons. The molecule has 0 saturated carbocycles. The maximum Gasteiger partial charge on any atom is 0.322 e. The summed E-state index contributed by atoms with van der Waals surface area (Å²) in [5.74, 6) is -0.801. The second kappa shape index (κ2) is 8.68. The number of carboxylic acid groups (broad SMARTS) is 1. The lowest BCUT2D eigenvalue weighted by molar-refractivity contribution is -0.143. The topological polar surface area (TPSA) is 66.6 Å². The number of rotatable bonds is 9. The van der Waals surface area contributed by atoms with Gasteiger partial charge in [0.05, 0.1) is 0 Å². The van der Waals surface area contributed by atoms with Crippen LogP contribution in [0.3, 0.4) is 0 Å². The molecule has 0 spiro atoms. The molecule has 0 heterocycles. The highest BCUT2D eigenvalue weighted by molar-refractivity contribution is 5.73. The van der Waals surface area contributed by atoms with E-state index >= 15 is 0 Å². The van der Waals surface area contributed by atoms with Gasteiger partial charge in [-0.1, -0.05) is 26.7 Å². The van der Waals surface area contributed by atoms with Crippen molar-refractivity contribution < 1.29 is 9.90 Å². The summed E-state index contributed by atoms with van der Waals surface area (Å²) in [6, 6.07) is -0.511. The average Bonchev–Trinajstić information content (AvgIpc) is 2.21. The lowest BCUT2D eigenvalue weighted by Gasteiger charge is -2.27. The van der Waals surface area contributed by atoms with Crippen LogP contribution in [0, 0.1) is 0 Å². The number of aliphatic carboxylic acids is 1. The first-order valence-electron chi connectivity index (χ1n) is 5.84. The van der Waals surface area contributed by atoms with Gasteiger partial charge in [0.15, 0.2) is 0 Å². The molecule has 4 nitrogen and oxygen atoms in total. The maximum atomic E-state index is 11.0. The molecule has 0 fully saturated rings. The van der Waals surface area contributed by atoms with Gasteiger partial charge in [0, 0.05) is 6.54 Å². The minimum absolute atomic E-state index is 0.197. The van der Waals surface area contributed by atoms with Crippen molar-refractivity contribution >= 4 is 5.97 Å². The van der Waals surface area contributed by atoms with Crippen molar-refractivity contribution in [1.29, 1.82) is 0 Å². The second-order valence-corrected chi connectivity index (χ2v) is 3.83. The highest BCUT2D eigenvalue weighted by Gasteiger charge is 2.22. The minimum atomic E-state index is -0.801. The predicted octanol–water partition coefficient (Wildman–Crippen LogP) is 1.30. The first-order chi connectivity index (χ1) is 7.17. The van der Waals surface area contributed by atoms with Crippen LogP contribution in [-0.2, 0) is 4.79 Å². The lowest BCUT2D eigenvalue weighted by atomic mass is 10.2. The Balaban J connectivity index is 4.22. The molecule has 0 aromatic heterocycles. The number of carboxylic acids is 1. The second-order valence-electron chi connectivity index (χ2n) is 3.83. The first kappa shape index (κ1) is 14.4. The van der Waals surface area contributed by atoms with Gasteiger partial charge in [-0.15, -0.1) is 0 Å². The van der Waals surface area contributed by atoms with Crippen molar-refractivity contribution in [3.05, 3.63) is 0 Å². The van der Waals surface area contributed by atoms with E-state index in [0.29, 0.717) is 0 Å². The summed E-state index contributed by atoms with van der Waals surface area (Å²) < 4.78 is 0. The number of hydrogen-bond donors (Lipinski definition) is 2. The summed E-state index contributed by atoms with van der Waals surface area (Å²) in [5, 5.41) is 9.02. The Labute approximate surface area is 92.4 Å². The van der Waals surface area contributed by atoms with Crippen LogP contribution in [0.2, 0.25) is 0 Å². The zero-order chi connectivity index (χ0) is 11.7. The largest absolute Gasteiger partial charge is 0.480 e. The van der Waals surface area contributed by atoms with Crippen LogP contribution in [-0.4, -0.2) is 41.7 Å². The van der Waals surface area contributed by atoms with Crippen molar-refractivity contribution in [3.8, 4) is 0 Å². The summed E-state index contributed by atoms with van der Waals surface area (Å²) >= 11 is 0. The summed E-state index contributed by atoms with van der Waals surface area (Å²) in [6.07, 6.45) is 4.24. The predicted molar refractivity (Wildman–Crippen MR) is 61.9 cm³/mol. The van der Waals surface area contributed by atoms with E-state index in [9.17, 15) is 4.79 Å². The molecule has 0 aromatic carbocycles. The maximum absolute atomic E-state index is 11.0. The van der Waals surface area contributed by atoms with E-state index in [4.69, 9.17) is 10.8 Å². The Bertz CT molecular complexity index is 166. The van der Waals surface area contributed by atoms with Gasteiger partial charge in [-0.2, -0.15) is 0 Å². The van der Waals surface area contributed by atoms with E-state index in [0.717, 1.165) is 38.8 Å². The van der Waals surface area contributed by atoms with Crippen molar-refractivity contribution in [2.24, 2.45) is 5.73 Å². The van der Waals surface area contributed by atoms with Crippen molar-refractivity contribution in [2.75, 3.05) is 19.6 Å². The fourth-order valence-corrected chi connectivity index (χ4v) is 1.55. The van der Waals surface area contributed by atoms with Gasteiger partial charge in [0.2, 0.25) is 0 Å². The van der Waals surface area contributed by atoms with E-state index in [2.05, 4.69) is 13.8 Å². The van der Waals surface area contributed by atoms with Gasteiger partial charge in [-0.05, 0) is 25.9 Å². The zero-order valence-corrected chi connectivity index (χ0v) is 9.91. The Morgan fingerprint density at radius 1 is 1.27 bits per heavy atom. The lowest BCUT2D eigenvalue weighted by Crippen LogP contribution is -2.47. The Morgan fingerprint density at radius 2 is 1.73 bits per heavy atom. The fraction of sp³-hybridized carbons (Fsp3) is 0.909. The van der Waals surface area contributed by atoms with E-state index in [-0.39, 0.29) is 6.54 Å². The molecule has 0 amide bonds. The molecular weight excluding hydrogens is 192 g/mol. The standard InChI is InChI=1S/C11H24N2O2/c1-3-5-7-13(8-6-4-2)10(9-12)11(14)15/h10H,3-9,12H2,1-2H3,(H,14,15). The molecule has 1 unspecified atom stereocenters. The number of nitrogens with zero attached hydrogens (tertiary/aromatic N) is 1. The van der Waals surface area contributed by atoms with Crippen LogP contribution >= 0.6 is 0 Å². The van der Waals surface area contributed by atoms with Crippen LogP contribution in [0.15, 0.2) is 0 Å². The SMILES string of the molecule is CCCCN(CCCC)C(CN)C(=O)O. The van der Waals surface area contributed by atoms with Crippen LogP contribution in [0.1, 0.15) is 39.5 Å². The van der Waals surface area contributed by atoms with Crippen molar-refractivity contribution in [1.82, 2.24) is 4.90 Å². The van der Waals surface area contributed by atoms with E-state index in [1.54, 1.807) is 0 Å². The van der Waals surface area contributed by atoms with Gasteiger partial charge in [0.25, 0.3) is 0 Å². The summed E-state index contributed by atoms with van der Waals surface area (Å²) in [5.41, 5.74) is 5.50. The highest BCUT2D eigenvalue weighted by Crippen LogP contribution is 2.04. The number of nitrogens with two attached hydrogens (primary N) is 1. The highest BCUT2D eigenvalue weighted by atomic mass is 16.4. The van der Waals surface area contributed by atoms with Gasteiger partial charge < -0.3 is 10.8 Å². The van der Waals surface area contributed by atoms with Crippen LogP contribution in [0.4, 0.5) is 0 Å². The molecular formula is C11H24N2O2. The van der Waals surface area contributed by atoms with Gasteiger partial charge >= 0.3 is 5.97 Å². The summed E-state index contributed by atoms with van der Waals surface area (Å²) in [4.78, 5) is 13.0. The summed E-state index contributed by atoms with van der Waals surface area (Å²) in [6.45, 7) is 6.09. The molecule has 0 rings (SSSR count). The Morgan fingerprint density at radius 3 is 2.00 bits per heavy atom. The van der Waals surface area contributed by atoms with Crippen LogP contribution < -0.4 is 5.73 Å². The fourth-order valence-electron chi connectivity index (χ4n) is 1.55. The molecule has 15 heavy (non-hydrogen) atoms. The number of hydrogen-bond acceptors (Lipinski definition) is 3. The molecule has 0 aliphatic carbocycles. The normalized spacial score (nSPS) is 13.1. The van der Waals surface area contributed by atoms with E-state index in [1.807, 2.05) is 4.90 Å².